The molecule has 0 spiro atoms. The van der Waals surface area contributed by atoms with Crippen LogP contribution in [0.15, 0.2) is 30.3 Å². The molecule has 2 nitrogen and oxygen atoms in total. The summed E-state index contributed by atoms with van der Waals surface area (Å²) in [5.74, 6) is 2.93. The van der Waals surface area contributed by atoms with E-state index in [1.165, 1.54) is 0 Å². The first kappa shape index (κ1) is 11.3. The van der Waals surface area contributed by atoms with Crippen molar-refractivity contribution in [3.63, 3.8) is 0 Å². The topological polar surface area (TPSA) is 12.5 Å². The van der Waals surface area contributed by atoms with Gasteiger partial charge >= 0.3 is 0 Å². The standard InChI is InChI=1S/C11H12INO/c1-13(8-5-9-14-10-12)11-6-3-2-4-7-11/h2-4,6-7H,9-10H2,1H3. The summed E-state index contributed by atoms with van der Waals surface area (Å²) in [4.78, 5) is 1.89. The number of hydrogen-bond acceptors (Lipinski definition) is 2. The molecule has 0 amide bonds. The van der Waals surface area contributed by atoms with Gasteiger partial charge in [0.2, 0.25) is 0 Å². The molecule has 0 aliphatic carbocycles. The Bertz CT molecular complexity index is 315. The van der Waals surface area contributed by atoms with Gasteiger partial charge in [-0.25, -0.2) is 0 Å². The number of hydrogen-bond donors (Lipinski definition) is 0. The van der Waals surface area contributed by atoms with E-state index in [2.05, 4.69) is 34.6 Å². The molecule has 0 saturated heterocycles. The zero-order valence-electron chi connectivity index (χ0n) is 8.03. The summed E-state index contributed by atoms with van der Waals surface area (Å²) in [6, 6.07) is 13.0. The fraction of sp³-hybridized carbons (Fsp3) is 0.273. The molecule has 1 rings (SSSR count). The van der Waals surface area contributed by atoms with E-state index in [9.17, 15) is 0 Å². The summed E-state index contributed by atoms with van der Waals surface area (Å²) in [5.41, 5.74) is 1.09. The fourth-order valence-electron chi connectivity index (χ4n) is 0.957. The molecule has 1 aromatic carbocycles. The first-order chi connectivity index (χ1) is 6.84. The van der Waals surface area contributed by atoms with Gasteiger partial charge < -0.3 is 9.64 Å². The van der Waals surface area contributed by atoms with Gasteiger partial charge in [0.25, 0.3) is 0 Å². The number of nitrogens with zero attached hydrogens (tertiary/aromatic N) is 1. The average Bonchev–Trinajstić information content (AvgIpc) is 2.25. The highest BCUT2D eigenvalue weighted by Crippen LogP contribution is 2.08. The van der Waals surface area contributed by atoms with Crippen molar-refractivity contribution in [2.45, 2.75) is 0 Å². The summed E-state index contributed by atoms with van der Waals surface area (Å²) < 4.78 is 5.79. The molecular formula is C11H12INO. The van der Waals surface area contributed by atoms with Crippen LogP contribution in [0.1, 0.15) is 0 Å². The van der Waals surface area contributed by atoms with Crippen molar-refractivity contribution < 1.29 is 4.74 Å². The van der Waals surface area contributed by atoms with Crippen molar-refractivity contribution in [3.8, 4) is 12.0 Å². The highest BCUT2D eigenvalue weighted by atomic mass is 127. The molecule has 14 heavy (non-hydrogen) atoms. The minimum atomic E-state index is 0.486. The van der Waals surface area contributed by atoms with E-state index in [1.807, 2.05) is 42.3 Å². The summed E-state index contributed by atoms with van der Waals surface area (Å²) >= 11 is 2.15. The molecule has 0 fully saturated rings. The van der Waals surface area contributed by atoms with Gasteiger partial charge in [0.15, 0.2) is 0 Å². The molecule has 0 aliphatic heterocycles. The lowest BCUT2D eigenvalue weighted by Gasteiger charge is -2.09. The van der Waals surface area contributed by atoms with Crippen molar-refractivity contribution in [1.29, 1.82) is 0 Å². The molecule has 0 heterocycles. The Labute approximate surface area is 98.4 Å². The Kier molecular flexibility index (Phi) is 5.42. The van der Waals surface area contributed by atoms with Gasteiger partial charge in [-0.3, -0.25) is 0 Å². The van der Waals surface area contributed by atoms with E-state index in [0.29, 0.717) is 11.2 Å². The lowest BCUT2D eigenvalue weighted by molar-refractivity contribution is 0.231. The van der Waals surface area contributed by atoms with Crippen LogP contribution in [0.3, 0.4) is 0 Å². The van der Waals surface area contributed by atoms with Crippen molar-refractivity contribution in [2.24, 2.45) is 0 Å². The van der Waals surface area contributed by atoms with Crippen molar-refractivity contribution in [2.75, 3.05) is 23.2 Å². The van der Waals surface area contributed by atoms with Crippen molar-refractivity contribution in [3.05, 3.63) is 30.3 Å². The minimum Gasteiger partial charge on any atom is -0.358 e. The predicted octanol–water partition coefficient (Wildman–Crippen LogP) is 2.49. The first-order valence-electron chi connectivity index (χ1n) is 4.25. The Balaban J connectivity index is 2.49. The van der Waals surface area contributed by atoms with E-state index in [0.717, 1.165) is 5.69 Å². The number of alkyl halides is 1. The molecule has 0 aliphatic rings. The van der Waals surface area contributed by atoms with E-state index in [4.69, 9.17) is 4.74 Å². The normalized spacial score (nSPS) is 9.00. The highest BCUT2D eigenvalue weighted by Gasteiger charge is 1.92. The number of ether oxygens (including phenoxy) is 1. The Morgan fingerprint density at radius 3 is 2.71 bits per heavy atom. The molecule has 3 heteroatoms. The van der Waals surface area contributed by atoms with Gasteiger partial charge in [0, 0.05) is 18.8 Å². The van der Waals surface area contributed by atoms with E-state index in [-0.39, 0.29) is 0 Å². The molecule has 1 aromatic rings. The molecule has 0 bridgehead atoms. The summed E-state index contributed by atoms with van der Waals surface area (Å²) in [6.07, 6.45) is 0. The van der Waals surface area contributed by atoms with Crippen LogP contribution < -0.4 is 4.90 Å². The van der Waals surface area contributed by atoms with Crippen LogP contribution in [0.5, 0.6) is 0 Å². The Morgan fingerprint density at radius 1 is 1.36 bits per heavy atom. The SMILES string of the molecule is CN(C#CCOCI)c1ccccc1. The zero-order chi connectivity index (χ0) is 10.2. The highest BCUT2D eigenvalue weighted by molar-refractivity contribution is 14.1. The maximum Gasteiger partial charge on any atom is 0.110 e. The predicted molar refractivity (Wildman–Crippen MR) is 67.5 cm³/mol. The second-order valence-corrected chi connectivity index (χ2v) is 3.26. The summed E-state index contributed by atoms with van der Waals surface area (Å²) in [7, 11) is 1.94. The Morgan fingerprint density at radius 2 is 2.07 bits per heavy atom. The number of anilines is 1. The lowest BCUT2D eigenvalue weighted by atomic mass is 10.3. The van der Waals surface area contributed by atoms with Crippen LogP contribution >= 0.6 is 22.6 Å². The second-order valence-electron chi connectivity index (χ2n) is 2.64. The quantitative estimate of drug-likeness (QED) is 0.280. The minimum absolute atomic E-state index is 0.486. The van der Waals surface area contributed by atoms with Gasteiger partial charge in [-0.1, -0.05) is 46.7 Å². The summed E-state index contributed by atoms with van der Waals surface area (Å²) in [6.45, 7) is 0.486. The van der Waals surface area contributed by atoms with Crippen LogP contribution in [-0.4, -0.2) is 18.3 Å². The van der Waals surface area contributed by atoms with Gasteiger partial charge in [-0.15, -0.1) is 0 Å². The molecule has 0 N–H and O–H groups in total. The second kappa shape index (κ2) is 6.68. The van der Waals surface area contributed by atoms with Crippen molar-refractivity contribution in [1.82, 2.24) is 0 Å². The van der Waals surface area contributed by atoms with Crippen LogP contribution in [0.2, 0.25) is 0 Å². The molecule has 74 valence electrons. The van der Waals surface area contributed by atoms with Gasteiger partial charge in [-0.05, 0) is 12.1 Å². The van der Waals surface area contributed by atoms with Crippen molar-refractivity contribution >= 4 is 28.3 Å². The Hall–Kier alpha value is -0.730. The molecule has 0 atom stereocenters. The molecule has 0 radical (unpaired) electrons. The van der Waals surface area contributed by atoms with Crippen LogP contribution in [0.4, 0.5) is 5.69 Å². The largest absolute Gasteiger partial charge is 0.358 e. The third-order valence-corrected chi connectivity index (χ3v) is 2.08. The monoisotopic (exact) mass is 301 g/mol. The van der Waals surface area contributed by atoms with E-state index >= 15 is 0 Å². The maximum atomic E-state index is 5.11. The third-order valence-electron chi connectivity index (χ3n) is 1.64. The fourth-order valence-corrected chi connectivity index (χ4v) is 1.18. The molecular weight excluding hydrogens is 289 g/mol. The van der Waals surface area contributed by atoms with E-state index in [1.54, 1.807) is 0 Å². The lowest BCUT2D eigenvalue weighted by Crippen LogP contribution is -2.08. The maximum absolute atomic E-state index is 5.11. The van der Waals surface area contributed by atoms with E-state index < -0.39 is 0 Å². The van der Waals surface area contributed by atoms with Gasteiger partial charge in [-0.2, -0.15) is 0 Å². The third kappa shape index (κ3) is 3.99. The molecule has 0 saturated carbocycles. The van der Waals surface area contributed by atoms with Gasteiger partial charge in [0.05, 0.1) is 4.61 Å². The zero-order valence-corrected chi connectivity index (χ0v) is 10.2. The number of rotatable bonds is 3. The smallest absolute Gasteiger partial charge is 0.110 e. The first-order valence-corrected chi connectivity index (χ1v) is 5.78. The van der Waals surface area contributed by atoms with Gasteiger partial charge in [0.1, 0.15) is 6.61 Å². The number of para-hydroxylation sites is 1. The summed E-state index contributed by atoms with van der Waals surface area (Å²) in [5, 5.41) is 0. The van der Waals surface area contributed by atoms with Crippen LogP contribution in [0.25, 0.3) is 0 Å². The number of halogens is 1. The van der Waals surface area contributed by atoms with Crippen LogP contribution in [0, 0.1) is 12.0 Å². The average molecular weight is 301 g/mol. The number of benzene rings is 1. The molecule has 0 unspecified atom stereocenters. The van der Waals surface area contributed by atoms with Crippen LogP contribution in [-0.2, 0) is 4.74 Å². The molecule has 0 aromatic heterocycles.